The first-order chi connectivity index (χ1) is 5.85. The van der Waals surface area contributed by atoms with E-state index in [4.69, 9.17) is 0 Å². The molecule has 1 N–H and O–H groups in total. The van der Waals surface area contributed by atoms with E-state index in [0.717, 1.165) is 12.8 Å². The van der Waals surface area contributed by atoms with Crippen molar-refractivity contribution in [1.29, 1.82) is 0 Å². The molecule has 0 saturated heterocycles. The summed E-state index contributed by atoms with van der Waals surface area (Å²) in [5.74, 6) is 0.881. The molecule has 4 heteroatoms. The number of sulfone groups is 1. The predicted molar refractivity (Wildman–Crippen MR) is 56.6 cm³/mol. The summed E-state index contributed by atoms with van der Waals surface area (Å²) >= 11 is 0. The Morgan fingerprint density at radius 1 is 1.23 bits per heavy atom. The van der Waals surface area contributed by atoms with Crippen LogP contribution in [0.5, 0.6) is 0 Å². The summed E-state index contributed by atoms with van der Waals surface area (Å²) in [6.45, 7) is 4.29. The molecule has 13 heavy (non-hydrogen) atoms. The van der Waals surface area contributed by atoms with E-state index in [0.29, 0.717) is 5.92 Å². The molecule has 0 rings (SSSR count). The highest BCUT2D eigenvalue weighted by Crippen LogP contribution is 2.07. The van der Waals surface area contributed by atoms with Crippen LogP contribution < -0.4 is 5.32 Å². The van der Waals surface area contributed by atoms with Gasteiger partial charge < -0.3 is 5.32 Å². The molecule has 0 aromatic carbocycles. The minimum atomic E-state index is -2.85. The molecule has 1 atom stereocenters. The zero-order valence-electron chi connectivity index (χ0n) is 9.00. The fourth-order valence-corrected chi connectivity index (χ4v) is 2.28. The van der Waals surface area contributed by atoms with Crippen molar-refractivity contribution >= 4 is 9.84 Å². The second-order valence-corrected chi connectivity index (χ2v) is 6.23. The first-order valence-electron chi connectivity index (χ1n) is 4.70. The molecule has 0 saturated carbocycles. The first kappa shape index (κ1) is 12.9. The van der Waals surface area contributed by atoms with Gasteiger partial charge in [-0.1, -0.05) is 13.8 Å². The maximum Gasteiger partial charge on any atom is 0.148 e. The van der Waals surface area contributed by atoms with Crippen LogP contribution in [0, 0.1) is 5.92 Å². The molecule has 0 spiro atoms. The molecule has 0 aromatic heterocycles. The smallest absolute Gasteiger partial charge is 0.148 e. The van der Waals surface area contributed by atoms with Gasteiger partial charge in [0.25, 0.3) is 0 Å². The van der Waals surface area contributed by atoms with E-state index in [1.807, 2.05) is 7.05 Å². The molecule has 0 aliphatic carbocycles. The molecular formula is C9H21NO2S. The van der Waals surface area contributed by atoms with Crippen LogP contribution in [-0.2, 0) is 9.84 Å². The van der Waals surface area contributed by atoms with E-state index >= 15 is 0 Å². The van der Waals surface area contributed by atoms with Gasteiger partial charge in [-0.2, -0.15) is 0 Å². The summed E-state index contributed by atoms with van der Waals surface area (Å²) in [7, 11) is -1.03. The third-order valence-corrected chi connectivity index (χ3v) is 3.01. The van der Waals surface area contributed by atoms with Gasteiger partial charge in [-0.3, -0.25) is 0 Å². The van der Waals surface area contributed by atoms with Crippen molar-refractivity contribution in [3.05, 3.63) is 0 Å². The van der Waals surface area contributed by atoms with Crippen molar-refractivity contribution in [2.45, 2.75) is 32.7 Å². The normalized spacial score (nSPS) is 14.8. The molecule has 0 aromatic rings. The Morgan fingerprint density at radius 3 is 2.08 bits per heavy atom. The highest BCUT2D eigenvalue weighted by Gasteiger charge is 2.13. The van der Waals surface area contributed by atoms with Gasteiger partial charge in [0.2, 0.25) is 0 Å². The van der Waals surface area contributed by atoms with Crippen LogP contribution >= 0.6 is 0 Å². The SMILES string of the molecule is CNC(CCC(C)C)CS(C)(=O)=O. The molecule has 0 aliphatic heterocycles. The fourth-order valence-electron chi connectivity index (χ4n) is 1.21. The van der Waals surface area contributed by atoms with Gasteiger partial charge >= 0.3 is 0 Å². The fraction of sp³-hybridized carbons (Fsp3) is 1.00. The van der Waals surface area contributed by atoms with Crippen molar-refractivity contribution < 1.29 is 8.42 Å². The van der Waals surface area contributed by atoms with Gasteiger partial charge in [0.1, 0.15) is 9.84 Å². The standard InChI is InChI=1S/C9H21NO2S/c1-8(2)5-6-9(10-3)7-13(4,11)12/h8-10H,5-7H2,1-4H3. The number of hydrogen-bond acceptors (Lipinski definition) is 3. The van der Waals surface area contributed by atoms with E-state index in [9.17, 15) is 8.42 Å². The summed E-state index contributed by atoms with van der Waals surface area (Å²) < 4.78 is 22.0. The minimum Gasteiger partial charge on any atom is -0.316 e. The Hall–Kier alpha value is -0.0900. The molecular weight excluding hydrogens is 186 g/mol. The summed E-state index contributed by atoms with van der Waals surface area (Å²) in [5.41, 5.74) is 0. The highest BCUT2D eigenvalue weighted by molar-refractivity contribution is 7.90. The lowest BCUT2D eigenvalue weighted by Crippen LogP contribution is -2.32. The van der Waals surface area contributed by atoms with Gasteiger partial charge in [0.05, 0.1) is 5.75 Å². The summed E-state index contributed by atoms with van der Waals surface area (Å²) in [5, 5.41) is 3.03. The van der Waals surface area contributed by atoms with Crippen molar-refractivity contribution in [2.75, 3.05) is 19.1 Å². The average Bonchev–Trinajstić information content (AvgIpc) is 1.95. The Kier molecular flexibility index (Phi) is 5.56. The van der Waals surface area contributed by atoms with Crippen LogP contribution in [0.3, 0.4) is 0 Å². The van der Waals surface area contributed by atoms with Crippen LogP contribution in [0.1, 0.15) is 26.7 Å². The van der Waals surface area contributed by atoms with Gasteiger partial charge in [-0.25, -0.2) is 8.42 Å². The lowest BCUT2D eigenvalue weighted by molar-refractivity contribution is 0.472. The zero-order valence-corrected chi connectivity index (χ0v) is 9.82. The second-order valence-electron chi connectivity index (χ2n) is 4.05. The molecule has 1 unspecified atom stereocenters. The molecule has 0 aliphatic rings. The zero-order chi connectivity index (χ0) is 10.5. The van der Waals surface area contributed by atoms with E-state index in [-0.39, 0.29) is 11.8 Å². The van der Waals surface area contributed by atoms with Gasteiger partial charge in [-0.05, 0) is 25.8 Å². The Labute approximate surface area is 81.8 Å². The average molecular weight is 207 g/mol. The first-order valence-corrected chi connectivity index (χ1v) is 6.76. The van der Waals surface area contributed by atoms with Crippen LogP contribution in [0.4, 0.5) is 0 Å². The van der Waals surface area contributed by atoms with Crippen LogP contribution in [0.15, 0.2) is 0 Å². The van der Waals surface area contributed by atoms with Crippen LogP contribution in [-0.4, -0.2) is 33.5 Å². The Bertz CT molecular complexity index is 222. The number of nitrogens with one attached hydrogen (secondary N) is 1. The second kappa shape index (κ2) is 5.60. The molecule has 0 fully saturated rings. The molecule has 0 heterocycles. The van der Waals surface area contributed by atoms with Crippen LogP contribution in [0.25, 0.3) is 0 Å². The van der Waals surface area contributed by atoms with Crippen molar-refractivity contribution in [3.63, 3.8) is 0 Å². The topological polar surface area (TPSA) is 46.2 Å². The summed E-state index contributed by atoms with van der Waals surface area (Å²) in [6.07, 6.45) is 3.29. The predicted octanol–water partition coefficient (Wildman–Crippen LogP) is 1.06. The van der Waals surface area contributed by atoms with E-state index in [1.165, 1.54) is 6.26 Å². The molecule has 80 valence electrons. The minimum absolute atomic E-state index is 0.109. The van der Waals surface area contributed by atoms with E-state index in [2.05, 4.69) is 19.2 Å². The Balaban J connectivity index is 3.91. The lowest BCUT2D eigenvalue weighted by atomic mass is 10.0. The van der Waals surface area contributed by atoms with Crippen molar-refractivity contribution in [3.8, 4) is 0 Å². The number of hydrogen-bond donors (Lipinski definition) is 1. The maximum atomic E-state index is 11.0. The largest absolute Gasteiger partial charge is 0.316 e. The molecule has 0 amide bonds. The van der Waals surface area contributed by atoms with Crippen molar-refractivity contribution in [1.82, 2.24) is 5.32 Å². The van der Waals surface area contributed by atoms with Gasteiger partial charge in [-0.15, -0.1) is 0 Å². The van der Waals surface area contributed by atoms with Gasteiger partial charge in [0.15, 0.2) is 0 Å². The third-order valence-electron chi connectivity index (χ3n) is 2.00. The third kappa shape index (κ3) is 8.25. The van der Waals surface area contributed by atoms with Crippen molar-refractivity contribution in [2.24, 2.45) is 5.92 Å². The molecule has 0 radical (unpaired) electrons. The maximum absolute atomic E-state index is 11.0. The van der Waals surface area contributed by atoms with E-state index in [1.54, 1.807) is 0 Å². The quantitative estimate of drug-likeness (QED) is 0.708. The van der Waals surface area contributed by atoms with Crippen LogP contribution in [0.2, 0.25) is 0 Å². The Morgan fingerprint density at radius 2 is 1.77 bits per heavy atom. The van der Waals surface area contributed by atoms with Gasteiger partial charge in [0, 0.05) is 12.3 Å². The lowest BCUT2D eigenvalue weighted by Gasteiger charge is -2.15. The monoisotopic (exact) mass is 207 g/mol. The van der Waals surface area contributed by atoms with E-state index < -0.39 is 9.84 Å². The molecule has 3 nitrogen and oxygen atoms in total. The summed E-state index contributed by atoms with van der Waals surface area (Å²) in [4.78, 5) is 0. The highest BCUT2D eigenvalue weighted by atomic mass is 32.2. The summed E-state index contributed by atoms with van der Waals surface area (Å²) in [6, 6.07) is 0.109. The number of rotatable bonds is 6. The molecule has 0 bridgehead atoms.